The number of nitrogens with zero attached hydrogens (tertiary/aromatic N) is 4. The van der Waals surface area contributed by atoms with Crippen LogP contribution in [0.2, 0.25) is 0 Å². The first-order chi connectivity index (χ1) is 11.6. The fraction of sp³-hybridized carbons (Fsp3) is 0.0625. The minimum absolute atomic E-state index is 0.169. The second-order valence-electron chi connectivity index (χ2n) is 4.81. The average Bonchev–Trinajstić information content (AvgIpc) is 3.03. The van der Waals surface area contributed by atoms with Gasteiger partial charge in [0, 0.05) is 12.3 Å². The highest BCUT2D eigenvalue weighted by Gasteiger charge is 2.12. The lowest BCUT2D eigenvalue weighted by molar-refractivity contribution is 0.0467. The lowest BCUT2D eigenvalue weighted by Crippen LogP contribution is -2.17. The Morgan fingerprint density at radius 3 is 2.88 bits per heavy atom. The monoisotopic (exact) mass is 319 g/mol. The Balaban J connectivity index is 1.83. The van der Waals surface area contributed by atoms with Crippen LogP contribution < -0.4 is 5.56 Å². The fourth-order valence-electron chi connectivity index (χ4n) is 2.12. The second-order valence-corrected chi connectivity index (χ2v) is 4.81. The molecule has 0 aliphatic carbocycles. The maximum atomic E-state index is 12.0. The molecule has 116 valence electrons. The molecule has 8 heteroatoms. The summed E-state index contributed by atoms with van der Waals surface area (Å²) in [5.74, 6) is -0.635. The molecule has 0 unspecified atom stereocenters. The molecule has 2 aromatic heterocycles. The number of hydrogen-bond acceptors (Lipinski definition) is 6. The number of carbonyl (C=O) groups excluding carboxylic acids is 1. The number of hydrogen-bond donors (Lipinski definition) is 1. The van der Waals surface area contributed by atoms with Gasteiger partial charge in [-0.1, -0.05) is 6.07 Å². The van der Waals surface area contributed by atoms with E-state index < -0.39 is 11.5 Å². The highest BCUT2D eigenvalue weighted by atomic mass is 16.5. The molecule has 24 heavy (non-hydrogen) atoms. The molecule has 1 N–H and O–H groups in total. The van der Waals surface area contributed by atoms with E-state index in [0.29, 0.717) is 5.56 Å². The van der Waals surface area contributed by atoms with E-state index in [1.807, 2.05) is 12.1 Å². The van der Waals surface area contributed by atoms with Gasteiger partial charge in [0.1, 0.15) is 18.2 Å². The molecule has 3 rings (SSSR count). The summed E-state index contributed by atoms with van der Waals surface area (Å²) in [5, 5.41) is 20.4. The lowest BCUT2D eigenvalue weighted by atomic mass is 10.1. The summed E-state index contributed by atoms with van der Waals surface area (Å²) in [5.41, 5.74) is 0.754. The Kier molecular flexibility index (Phi) is 3.79. The van der Waals surface area contributed by atoms with Crippen molar-refractivity contribution in [2.45, 2.75) is 6.61 Å². The van der Waals surface area contributed by atoms with Gasteiger partial charge < -0.3 is 4.74 Å². The van der Waals surface area contributed by atoms with Gasteiger partial charge in [-0.05, 0) is 18.2 Å². The van der Waals surface area contributed by atoms with Gasteiger partial charge in [-0.15, -0.1) is 0 Å². The largest absolute Gasteiger partial charge is 0.456 e. The molecule has 0 amide bonds. The van der Waals surface area contributed by atoms with Crippen LogP contribution in [0.5, 0.6) is 0 Å². The smallest absolute Gasteiger partial charge is 0.338 e. The summed E-state index contributed by atoms with van der Waals surface area (Å²) in [7, 11) is 0. The molecule has 8 nitrogen and oxygen atoms in total. The van der Waals surface area contributed by atoms with Crippen LogP contribution in [0.1, 0.15) is 27.2 Å². The number of benzene rings is 1. The van der Waals surface area contributed by atoms with Crippen LogP contribution in [0.15, 0.2) is 41.3 Å². The molecule has 0 saturated carbocycles. The van der Waals surface area contributed by atoms with Crippen LogP contribution in [-0.2, 0) is 11.3 Å². The van der Waals surface area contributed by atoms with Crippen LogP contribution in [0.25, 0.3) is 5.65 Å². The summed E-state index contributed by atoms with van der Waals surface area (Å²) in [4.78, 5) is 28.1. The third-order valence-electron chi connectivity index (χ3n) is 3.25. The van der Waals surface area contributed by atoms with E-state index in [2.05, 4.69) is 10.1 Å². The normalized spacial score (nSPS) is 10.1. The minimum atomic E-state index is -0.635. The van der Waals surface area contributed by atoms with Crippen molar-refractivity contribution in [3.8, 4) is 12.1 Å². The summed E-state index contributed by atoms with van der Waals surface area (Å²) < 4.78 is 6.24. The molecule has 0 aliphatic heterocycles. The zero-order chi connectivity index (χ0) is 17.1. The van der Waals surface area contributed by atoms with Gasteiger partial charge in [-0.3, -0.25) is 9.89 Å². The molecule has 0 atom stereocenters. The van der Waals surface area contributed by atoms with Crippen molar-refractivity contribution in [2.75, 3.05) is 0 Å². The second kappa shape index (κ2) is 6.07. The van der Waals surface area contributed by atoms with Gasteiger partial charge in [0.15, 0.2) is 5.65 Å². The van der Waals surface area contributed by atoms with Gasteiger partial charge in [-0.2, -0.15) is 10.5 Å². The Morgan fingerprint density at radius 2 is 2.12 bits per heavy atom. The average molecular weight is 319 g/mol. The highest BCUT2D eigenvalue weighted by Crippen LogP contribution is 2.09. The van der Waals surface area contributed by atoms with Gasteiger partial charge in [-0.25, -0.2) is 14.3 Å². The maximum Gasteiger partial charge on any atom is 0.338 e. The number of rotatable bonds is 3. The van der Waals surface area contributed by atoms with Crippen molar-refractivity contribution >= 4 is 11.6 Å². The summed E-state index contributed by atoms with van der Waals surface area (Å²) in [6.45, 7) is -0.225. The molecule has 0 spiro atoms. The highest BCUT2D eigenvalue weighted by molar-refractivity contribution is 5.89. The lowest BCUT2D eigenvalue weighted by Gasteiger charge is -2.05. The first-order valence-corrected chi connectivity index (χ1v) is 6.80. The van der Waals surface area contributed by atoms with E-state index in [4.69, 9.17) is 15.3 Å². The van der Waals surface area contributed by atoms with Crippen LogP contribution in [0.4, 0.5) is 0 Å². The molecular weight excluding hydrogens is 310 g/mol. The Labute approximate surface area is 135 Å². The molecular formula is C16H9N5O3. The van der Waals surface area contributed by atoms with Crippen molar-refractivity contribution < 1.29 is 9.53 Å². The van der Waals surface area contributed by atoms with E-state index in [9.17, 15) is 9.59 Å². The standard InChI is InChI=1S/C16H9N5O3/c17-6-10-2-1-3-11(4-10)16(23)24-9-13-5-14(22)21-15(20-13)12(7-18)8-19-21/h1-5,8,19H,9H2. The van der Waals surface area contributed by atoms with E-state index >= 15 is 0 Å². The Bertz CT molecular complexity index is 1080. The number of aromatic nitrogens is 3. The van der Waals surface area contributed by atoms with E-state index in [-0.39, 0.29) is 29.1 Å². The first-order valence-electron chi connectivity index (χ1n) is 6.80. The SMILES string of the molecule is N#Cc1cccc(C(=O)OCc2cc(=O)n3[nH]cc(C#N)c3n2)c1. The zero-order valence-corrected chi connectivity index (χ0v) is 12.2. The molecule has 0 aliphatic rings. The number of H-pyrrole nitrogens is 1. The van der Waals surface area contributed by atoms with Crippen LogP contribution in [0, 0.1) is 22.7 Å². The Morgan fingerprint density at radius 1 is 1.29 bits per heavy atom. The number of aromatic amines is 1. The van der Waals surface area contributed by atoms with Gasteiger partial charge in [0.25, 0.3) is 5.56 Å². The number of nitriles is 2. The number of carbonyl (C=O) groups is 1. The number of ether oxygens (including phenoxy) is 1. The maximum absolute atomic E-state index is 12.0. The first kappa shape index (κ1) is 15.0. The number of fused-ring (bicyclic) bond motifs is 1. The molecule has 0 radical (unpaired) electrons. The minimum Gasteiger partial charge on any atom is -0.456 e. The van der Waals surface area contributed by atoms with Gasteiger partial charge in [0.05, 0.1) is 22.9 Å². The number of nitrogens with one attached hydrogen (secondary N) is 1. The third kappa shape index (κ3) is 2.72. The van der Waals surface area contributed by atoms with Crippen LogP contribution >= 0.6 is 0 Å². The quantitative estimate of drug-likeness (QED) is 0.721. The van der Waals surface area contributed by atoms with Crippen molar-refractivity contribution in [3.63, 3.8) is 0 Å². The van der Waals surface area contributed by atoms with Crippen molar-refractivity contribution in [1.29, 1.82) is 10.5 Å². The Hall–Kier alpha value is -3.91. The van der Waals surface area contributed by atoms with E-state index in [0.717, 1.165) is 4.52 Å². The van der Waals surface area contributed by atoms with Gasteiger partial charge >= 0.3 is 5.97 Å². The predicted octanol–water partition coefficient (Wildman–Crippen LogP) is 1.12. The predicted molar refractivity (Wildman–Crippen MR) is 80.8 cm³/mol. The molecule has 1 aromatic carbocycles. The van der Waals surface area contributed by atoms with Crippen LogP contribution in [-0.4, -0.2) is 20.6 Å². The summed E-state index contributed by atoms with van der Waals surface area (Å²) in [6.07, 6.45) is 1.37. The summed E-state index contributed by atoms with van der Waals surface area (Å²) in [6, 6.07) is 11.1. The van der Waals surface area contributed by atoms with Gasteiger partial charge in [0.2, 0.25) is 0 Å². The molecule has 0 fully saturated rings. The fourth-order valence-corrected chi connectivity index (χ4v) is 2.12. The van der Waals surface area contributed by atoms with Crippen LogP contribution in [0.3, 0.4) is 0 Å². The number of esters is 1. The van der Waals surface area contributed by atoms with E-state index in [1.54, 1.807) is 12.1 Å². The van der Waals surface area contributed by atoms with Crippen molar-refractivity contribution in [2.24, 2.45) is 0 Å². The topological polar surface area (TPSA) is 124 Å². The third-order valence-corrected chi connectivity index (χ3v) is 3.25. The molecule has 0 saturated heterocycles. The van der Waals surface area contributed by atoms with E-state index in [1.165, 1.54) is 24.4 Å². The van der Waals surface area contributed by atoms with Crippen molar-refractivity contribution in [1.82, 2.24) is 14.6 Å². The van der Waals surface area contributed by atoms with Crippen molar-refractivity contribution in [3.05, 3.63) is 69.3 Å². The molecule has 0 bridgehead atoms. The molecule has 2 heterocycles. The zero-order valence-electron chi connectivity index (χ0n) is 12.2. The summed E-state index contributed by atoms with van der Waals surface area (Å²) >= 11 is 0. The molecule has 3 aromatic rings.